The number of carboxylic acids is 1. The van der Waals surface area contributed by atoms with Crippen LogP contribution in [0.25, 0.3) is 6.08 Å². The van der Waals surface area contributed by atoms with Gasteiger partial charge in [0.15, 0.2) is 5.78 Å². The average Bonchev–Trinajstić information content (AvgIpc) is 2.58. The van der Waals surface area contributed by atoms with Crippen molar-refractivity contribution in [2.24, 2.45) is 0 Å². The molecule has 0 aliphatic carbocycles. The number of ketones is 1. The van der Waals surface area contributed by atoms with Crippen LogP contribution in [0.1, 0.15) is 42.3 Å². The molecule has 1 N–H and O–H groups in total. The van der Waals surface area contributed by atoms with Gasteiger partial charge in [0.2, 0.25) is 0 Å². The van der Waals surface area contributed by atoms with Crippen LogP contribution < -0.4 is 0 Å². The highest BCUT2D eigenvalue weighted by Crippen LogP contribution is 2.24. The van der Waals surface area contributed by atoms with Crippen LogP contribution in [0.15, 0.2) is 53.4 Å². The molecule has 0 radical (unpaired) electrons. The molecule has 0 aliphatic heterocycles. The maximum absolute atomic E-state index is 14.0. The second-order valence-corrected chi connectivity index (χ2v) is 7.91. The predicted octanol–water partition coefficient (Wildman–Crippen LogP) is 5.20. The van der Waals surface area contributed by atoms with Crippen LogP contribution in [0.2, 0.25) is 0 Å². The zero-order valence-corrected chi connectivity index (χ0v) is 15.8. The van der Waals surface area contributed by atoms with Crippen LogP contribution in [0.4, 0.5) is 4.39 Å². The number of hydrogen-bond acceptors (Lipinski definition) is 3. The number of carboxylic acid groups (broad SMARTS) is 1. The molecule has 0 spiro atoms. The van der Waals surface area contributed by atoms with Crippen molar-refractivity contribution in [1.82, 2.24) is 0 Å². The molecule has 5 heteroatoms. The summed E-state index contributed by atoms with van der Waals surface area (Å²) in [6.07, 6.45) is 3.10. The molecule has 2 aromatic carbocycles. The van der Waals surface area contributed by atoms with Crippen molar-refractivity contribution in [3.05, 3.63) is 71.0 Å². The smallest absolute Gasteiger partial charge is 0.313 e. The van der Waals surface area contributed by atoms with Gasteiger partial charge in [0, 0.05) is 10.5 Å². The van der Waals surface area contributed by atoms with E-state index in [1.165, 1.54) is 23.8 Å². The van der Waals surface area contributed by atoms with Crippen molar-refractivity contribution >= 4 is 29.6 Å². The molecule has 0 atom stereocenters. The third-order valence-electron chi connectivity index (χ3n) is 3.77. The monoisotopic (exact) mass is 372 g/mol. The first-order valence-electron chi connectivity index (χ1n) is 8.14. The van der Waals surface area contributed by atoms with E-state index < -0.39 is 11.8 Å². The van der Waals surface area contributed by atoms with Crippen molar-refractivity contribution in [3.63, 3.8) is 0 Å². The van der Waals surface area contributed by atoms with E-state index in [1.54, 1.807) is 6.08 Å². The summed E-state index contributed by atoms with van der Waals surface area (Å²) in [4.78, 5) is 23.0. The molecule has 0 bridgehead atoms. The van der Waals surface area contributed by atoms with Gasteiger partial charge in [0.25, 0.3) is 0 Å². The molecular formula is C21H21FO3S. The molecular weight excluding hydrogens is 351 g/mol. The summed E-state index contributed by atoms with van der Waals surface area (Å²) in [6.45, 7) is 6.40. The first kappa shape index (κ1) is 19.9. The van der Waals surface area contributed by atoms with E-state index in [1.807, 2.05) is 24.3 Å². The zero-order valence-electron chi connectivity index (χ0n) is 15.0. The third-order valence-corrected chi connectivity index (χ3v) is 4.80. The Kier molecular flexibility index (Phi) is 6.37. The van der Waals surface area contributed by atoms with E-state index in [4.69, 9.17) is 5.11 Å². The second-order valence-electron chi connectivity index (χ2n) is 6.90. The molecule has 0 amide bonds. The summed E-state index contributed by atoms with van der Waals surface area (Å²) in [7, 11) is 0. The summed E-state index contributed by atoms with van der Waals surface area (Å²) in [5.74, 6) is -2.15. The Balaban J connectivity index is 2.08. The van der Waals surface area contributed by atoms with Crippen molar-refractivity contribution in [2.75, 3.05) is 5.75 Å². The van der Waals surface area contributed by atoms with Crippen molar-refractivity contribution in [1.29, 1.82) is 0 Å². The summed E-state index contributed by atoms with van der Waals surface area (Å²) in [5, 5.41) is 8.64. The van der Waals surface area contributed by atoms with Gasteiger partial charge < -0.3 is 5.11 Å². The number of allylic oxidation sites excluding steroid dienone is 1. The minimum Gasteiger partial charge on any atom is -0.481 e. The molecule has 3 nitrogen and oxygen atoms in total. The number of aliphatic carboxylic acids is 1. The van der Waals surface area contributed by atoms with Crippen LogP contribution in [-0.4, -0.2) is 22.6 Å². The summed E-state index contributed by atoms with van der Waals surface area (Å²) in [6, 6.07) is 12.0. The fraction of sp³-hybridized carbons (Fsp3) is 0.238. The van der Waals surface area contributed by atoms with Crippen LogP contribution in [0.3, 0.4) is 0 Å². The lowest BCUT2D eigenvalue weighted by atomic mass is 9.87. The Bertz CT molecular complexity index is 833. The molecule has 0 fully saturated rings. The van der Waals surface area contributed by atoms with Crippen LogP contribution in [-0.2, 0) is 10.2 Å². The molecule has 0 aromatic heterocycles. The SMILES string of the molecule is CC(C)(C)c1ccc(/C=C/C(=O)c2ccc(SCC(=O)O)c(F)c2)cc1. The van der Waals surface area contributed by atoms with Gasteiger partial charge in [-0.1, -0.05) is 51.1 Å². The molecule has 0 saturated carbocycles. The molecule has 0 unspecified atom stereocenters. The number of hydrogen-bond donors (Lipinski definition) is 1. The van der Waals surface area contributed by atoms with Crippen molar-refractivity contribution in [3.8, 4) is 0 Å². The Labute approximate surface area is 156 Å². The van der Waals surface area contributed by atoms with Crippen molar-refractivity contribution < 1.29 is 19.1 Å². The first-order valence-corrected chi connectivity index (χ1v) is 9.12. The average molecular weight is 372 g/mol. The number of thioether (sulfide) groups is 1. The highest BCUT2D eigenvalue weighted by atomic mass is 32.2. The van der Waals surface area contributed by atoms with E-state index in [2.05, 4.69) is 20.8 Å². The van der Waals surface area contributed by atoms with Crippen LogP contribution in [0.5, 0.6) is 0 Å². The van der Waals surface area contributed by atoms with Crippen molar-refractivity contribution in [2.45, 2.75) is 31.1 Å². The Hall–Kier alpha value is -2.40. The van der Waals surface area contributed by atoms with Gasteiger partial charge in [-0.2, -0.15) is 0 Å². The minimum atomic E-state index is -1.02. The molecule has 0 saturated heterocycles. The topological polar surface area (TPSA) is 54.4 Å². The van der Waals surface area contributed by atoms with Crippen LogP contribution >= 0.6 is 11.8 Å². The summed E-state index contributed by atoms with van der Waals surface area (Å²) in [5.41, 5.74) is 2.39. The zero-order chi connectivity index (χ0) is 19.3. The highest BCUT2D eigenvalue weighted by Gasteiger charge is 2.13. The van der Waals surface area contributed by atoms with Gasteiger partial charge in [0.1, 0.15) is 5.82 Å². The Morgan fingerprint density at radius 3 is 2.31 bits per heavy atom. The molecule has 26 heavy (non-hydrogen) atoms. The molecule has 0 heterocycles. The molecule has 136 valence electrons. The molecule has 0 aliphatic rings. The lowest BCUT2D eigenvalue weighted by molar-refractivity contribution is -0.133. The Morgan fingerprint density at radius 2 is 1.77 bits per heavy atom. The largest absolute Gasteiger partial charge is 0.481 e. The lowest BCUT2D eigenvalue weighted by Crippen LogP contribution is -2.10. The van der Waals surface area contributed by atoms with E-state index >= 15 is 0 Å². The number of carbonyl (C=O) groups excluding carboxylic acids is 1. The van der Waals surface area contributed by atoms with Gasteiger partial charge in [-0.15, -0.1) is 11.8 Å². The summed E-state index contributed by atoms with van der Waals surface area (Å²) >= 11 is 0.885. The lowest BCUT2D eigenvalue weighted by Gasteiger charge is -2.18. The minimum absolute atomic E-state index is 0.0655. The fourth-order valence-electron chi connectivity index (χ4n) is 2.27. The van der Waals surface area contributed by atoms with E-state index in [9.17, 15) is 14.0 Å². The van der Waals surface area contributed by atoms with E-state index in [-0.39, 0.29) is 27.4 Å². The normalized spacial score (nSPS) is 11.7. The van der Waals surface area contributed by atoms with Gasteiger partial charge in [-0.05, 0) is 40.8 Å². The fourth-order valence-corrected chi connectivity index (χ4v) is 2.91. The standard InChI is InChI=1S/C21H21FO3S/c1-21(2,3)16-8-4-14(5-9-16)6-10-18(23)15-7-11-19(17(22)12-15)26-13-20(24)25/h4-12H,13H2,1-3H3,(H,24,25)/b10-6+. The number of rotatable bonds is 6. The van der Waals surface area contributed by atoms with Gasteiger partial charge >= 0.3 is 5.97 Å². The van der Waals surface area contributed by atoms with Gasteiger partial charge in [-0.25, -0.2) is 4.39 Å². The Morgan fingerprint density at radius 1 is 1.12 bits per heavy atom. The van der Waals surface area contributed by atoms with E-state index in [0.29, 0.717) is 0 Å². The predicted molar refractivity (Wildman–Crippen MR) is 103 cm³/mol. The highest BCUT2D eigenvalue weighted by molar-refractivity contribution is 8.00. The summed E-state index contributed by atoms with van der Waals surface area (Å²) < 4.78 is 14.0. The number of carbonyl (C=O) groups is 2. The number of benzene rings is 2. The van der Waals surface area contributed by atoms with Gasteiger partial charge in [-0.3, -0.25) is 9.59 Å². The first-order chi connectivity index (χ1) is 12.2. The molecule has 2 aromatic rings. The number of halogens is 1. The molecule has 2 rings (SSSR count). The quantitative estimate of drug-likeness (QED) is 0.430. The maximum atomic E-state index is 14.0. The third kappa shape index (κ3) is 5.56. The van der Waals surface area contributed by atoms with Crippen LogP contribution in [0, 0.1) is 5.82 Å². The second kappa shape index (κ2) is 8.32. The maximum Gasteiger partial charge on any atom is 0.313 e. The van der Waals surface area contributed by atoms with E-state index in [0.717, 1.165) is 23.4 Å². The van der Waals surface area contributed by atoms with Gasteiger partial charge in [0.05, 0.1) is 5.75 Å².